The number of hydrogen-bond acceptors (Lipinski definition) is 5. The van der Waals surface area contributed by atoms with Gasteiger partial charge >= 0.3 is 0 Å². The highest BCUT2D eigenvalue weighted by atomic mass is 16.3. The summed E-state index contributed by atoms with van der Waals surface area (Å²) >= 11 is 0. The Balaban J connectivity index is 1.09. The quantitative estimate of drug-likeness (QED) is 0.295. The first-order valence-corrected chi connectivity index (χ1v) is 13.3. The molecule has 0 saturated carbocycles. The number of carbonyl (C=O) groups is 1. The summed E-state index contributed by atoms with van der Waals surface area (Å²) < 4.78 is 0. The molecule has 1 fully saturated rings. The van der Waals surface area contributed by atoms with Gasteiger partial charge in [0.2, 0.25) is 5.43 Å². The third-order valence-corrected chi connectivity index (χ3v) is 7.32. The number of aromatic amines is 1. The van der Waals surface area contributed by atoms with E-state index in [0.717, 1.165) is 45.6 Å². The van der Waals surface area contributed by atoms with E-state index in [0.29, 0.717) is 12.1 Å². The van der Waals surface area contributed by atoms with E-state index in [1.165, 1.54) is 23.4 Å². The zero-order valence-electron chi connectivity index (χ0n) is 21.5. The molecular formula is C31H34N4O3. The number of phenolic OH excluding ortho intramolecular Hbond substituents is 1. The van der Waals surface area contributed by atoms with Crippen LogP contribution in [0.1, 0.15) is 40.4 Å². The highest BCUT2D eigenvalue weighted by Gasteiger charge is 2.26. The SMILES string of the molecule is O=C(NCCCCN1CCN(C(c2ccccc2)c2ccccc2)CC1)c1c[nH]c2cccc(O)c2c1=O. The van der Waals surface area contributed by atoms with E-state index in [9.17, 15) is 14.7 Å². The molecule has 0 unspecified atom stereocenters. The second-order valence-corrected chi connectivity index (χ2v) is 9.80. The number of nitrogens with zero attached hydrogens (tertiary/aromatic N) is 2. The van der Waals surface area contributed by atoms with Gasteiger partial charge < -0.3 is 20.3 Å². The van der Waals surface area contributed by atoms with Crippen molar-refractivity contribution >= 4 is 16.8 Å². The number of H-pyrrole nitrogens is 1. The largest absolute Gasteiger partial charge is 0.507 e. The van der Waals surface area contributed by atoms with Gasteiger partial charge in [-0.3, -0.25) is 14.5 Å². The van der Waals surface area contributed by atoms with Crippen molar-refractivity contribution in [1.82, 2.24) is 20.1 Å². The number of piperazine rings is 1. The van der Waals surface area contributed by atoms with Gasteiger partial charge in [-0.1, -0.05) is 66.7 Å². The number of aromatic nitrogens is 1. The molecule has 0 radical (unpaired) electrons. The molecule has 196 valence electrons. The first-order chi connectivity index (χ1) is 18.6. The van der Waals surface area contributed by atoms with Crippen LogP contribution < -0.4 is 10.7 Å². The first kappa shape index (κ1) is 25.7. The van der Waals surface area contributed by atoms with Crippen molar-refractivity contribution in [2.45, 2.75) is 18.9 Å². The minimum atomic E-state index is -0.462. The van der Waals surface area contributed by atoms with Crippen molar-refractivity contribution in [3.8, 4) is 5.75 Å². The number of rotatable bonds is 9. The Kier molecular flexibility index (Phi) is 8.16. The summed E-state index contributed by atoms with van der Waals surface area (Å²) in [6.45, 7) is 5.51. The summed E-state index contributed by atoms with van der Waals surface area (Å²) in [5, 5.41) is 13.0. The lowest BCUT2D eigenvalue weighted by Gasteiger charge is -2.39. The van der Waals surface area contributed by atoms with Gasteiger partial charge in [0.15, 0.2) is 0 Å². The maximum Gasteiger partial charge on any atom is 0.256 e. The van der Waals surface area contributed by atoms with E-state index in [1.54, 1.807) is 12.1 Å². The second kappa shape index (κ2) is 12.1. The lowest BCUT2D eigenvalue weighted by molar-refractivity contribution is 0.0948. The number of phenols is 1. The summed E-state index contributed by atoms with van der Waals surface area (Å²) in [6, 6.07) is 26.5. The van der Waals surface area contributed by atoms with Crippen molar-refractivity contribution in [1.29, 1.82) is 0 Å². The number of carbonyl (C=O) groups excluding carboxylic acids is 1. The summed E-state index contributed by atoms with van der Waals surface area (Å²) in [7, 11) is 0. The summed E-state index contributed by atoms with van der Waals surface area (Å²) in [5.74, 6) is -0.546. The predicted molar refractivity (Wildman–Crippen MR) is 151 cm³/mol. The molecule has 1 amide bonds. The summed E-state index contributed by atoms with van der Waals surface area (Å²) in [4.78, 5) is 33.3. The first-order valence-electron chi connectivity index (χ1n) is 13.3. The average Bonchev–Trinajstić information content (AvgIpc) is 2.95. The van der Waals surface area contributed by atoms with Crippen molar-refractivity contribution in [2.75, 3.05) is 39.3 Å². The molecule has 0 atom stereocenters. The van der Waals surface area contributed by atoms with E-state index in [1.807, 2.05) is 0 Å². The zero-order chi connectivity index (χ0) is 26.3. The Labute approximate surface area is 222 Å². The molecular weight excluding hydrogens is 476 g/mol. The molecule has 0 bridgehead atoms. The van der Waals surface area contributed by atoms with Crippen LogP contribution in [0.2, 0.25) is 0 Å². The number of amides is 1. The Bertz CT molecular complexity index is 1370. The topological polar surface area (TPSA) is 88.7 Å². The Morgan fingerprint density at radius 2 is 1.53 bits per heavy atom. The molecule has 7 heteroatoms. The molecule has 2 heterocycles. The molecule has 3 aromatic carbocycles. The van der Waals surface area contributed by atoms with Crippen LogP contribution in [-0.2, 0) is 0 Å². The van der Waals surface area contributed by atoms with Crippen LogP contribution in [0.15, 0.2) is 89.9 Å². The molecule has 1 saturated heterocycles. The van der Waals surface area contributed by atoms with Crippen LogP contribution >= 0.6 is 0 Å². The van der Waals surface area contributed by atoms with Crippen LogP contribution in [0.5, 0.6) is 5.75 Å². The number of aromatic hydroxyl groups is 1. The van der Waals surface area contributed by atoms with Crippen molar-refractivity contribution in [3.05, 3.63) is 112 Å². The minimum absolute atomic E-state index is 0.0153. The minimum Gasteiger partial charge on any atom is -0.507 e. The lowest BCUT2D eigenvalue weighted by atomic mass is 9.96. The molecule has 0 aliphatic carbocycles. The van der Waals surface area contributed by atoms with Gasteiger partial charge in [0.25, 0.3) is 5.91 Å². The maximum absolute atomic E-state index is 12.7. The third-order valence-electron chi connectivity index (χ3n) is 7.32. The van der Waals surface area contributed by atoms with Gasteiger partial charge in [0.05, 0.1) is 16.9 Å². The fourth-order valence-corrected chi connectivity index (χ4v) is 5.31. The summed E-state index contributed by atoms with van der Waals surface area (Å²) in [5.41, 5.74) is 2.70. The van der Waals surface area contributed by atoms with Crippen LogP contribution in [0, 0.1) is 0 Å². The molecule has 38 heavy (non-hydrogen) atoms. The lowest BCUT2D eigenvalue weighted by Crippen LogP contribution is -2.48. The number of fused-ring (bicyclic) bond motifs is 1. The van der Waals surface area contributed by atoms with Crippen LogP contribution in [-0.4, -0.2) is 65.1 Å². The van der Waals surface area contributed by atoms with E-state index in [2.05, 4.69) is 80.8 Å². The smallest absolute Gasteiger partial charge is 0.256 e. The van der Waals surface area contributed by atoms with Crippen molar-refractivity contribution in [2.24, 2.45) is 0 Å². The Morgan fingerprint density at radius 1 is 0.868 bits per heavy atom. The molecule has 1 aliphatic heterocycles. The Hall–Kier alpha value is -3.94. The van der Waals surface area contributed by atoms with Gasteiger partial charge in [-0.2, -0.15) is 0 Å². The van der Waals surface area contributed by atoms with Crippen molar-refractivity contribution in [3.63, 3.8) is 0 Å². The molecule has 3 N–H and O–H groups in total. The maximum atomic E-state index is 12.7. The molecule has 1 aromatic heterocycles. The highest BCUT2D eigenvalue weighted by Crippen LogP contribution is 2.29. The zero-order valence-corrected chi connectivity index (χ0v) is 21.5. The van der Waals surface area contributed by atoms with Gasteiger partial charge in [0, 0.05) is 38.9 Å². The van der Waals surface area contributed by atoms with Gasteiger partial charge in [0.1, 0.15) is 11.3 Å². The van der Waals surface area contributed by atoms with Gasteiger partial charge in [-0.05, 0) is 42.6 Å². The van der Waals surface area contributed by atoms with Crippen LogP contribution in [0.4, 0.5) is 0 Å². The van der Waals surface area contributed by atoms with Crippen molar-refractivity contribution < 1.29 is 9.90 Å². The van der Waals surface area contributed by atoms with Crippen LogP contribution in [0.25, 0.3) is 10.9 Å². The predicted octanol–water partition coefficient (Wildman–Crippen LogP) is 4.15. The van der Waals surface area contributed by atoms with Crippen LogP contribution in [0.3, 0.4) is 0 Å². The highest BCUT2D eigenvalue weighted by molar-refractivity contribution is 5.98. The fraction of sp³-hybridized carbons (Fsp3) is 0.290. The van der Waals surface area contributed by atoms with E-state index < -0.39 is 11.3 Å². The molecule has 4 aromatic rings. The fourth-order valence-electron chi connectivity index (χ4n) is 5.31. The molecule has 0 spiro atoms. The number of hydrogen-bond donors (Lipinski definition) is 3. The van der Waals surface area contributed by atoms with Gasteiger partial charge in [-0.25, -0.2) is 0 Å². The number of unbranched alkanes of at least 4 members (excludes halogenated alkanes) is 1. The number of benzene rings is 3. The number of pyridine rings is 1. The van der Waals surface area contributed by atoms with E-state index in [4.69, 9.17) is 0 Å². The Morgan fingerprint density at radius 3 is 2.18 bits per heavy atom. The standard InChI is InChI=1S/C31H34N4O3/c36-27-15-9-14-26-28(27)30(37)25(22-33-26)31(38)32-16-7-8-17-34-18-20-35(21-19-34)29(23-10-3-1-4-11-23)24-12-5-2-6-13-24/h1-6,9-15,22,29,36H,7-8,16-21H2,(H,32,38)(H,33,37). The second-order valence-electron chi connectivity index (χ2n) is 9.80. The van der Waals surface area contributed by atoms with E-state index >= 15 is 0 Å². The molecule has 1 aliphatic rings. The molecule has 5 rings (SSSR count). The molecule has 7 nitrogen and oxygen atoms in total. The third kappa shape index (κ3) is 5.79. The number of nitrogens with one attached hydrogen (secondary N) is 2. The van der Waals surface area contributed by atoms with Gasteiger partial charge in [-0.15, -0.1) is 0 Å². The summed E-state index contributed by atoms with van der Waals surface area (Å²) in [6.07, 6.45) is 3.21. The van der Waals surface area contributed by atoms with E-state index in [-0.39, 0.29) is 22.7 Å². The normalized spacial score (nSPS) is 14.7. The monoisotopic (exact) mass is 510 g/mol. The average molecular weight is 511 g/mol.